The minimum absolute atomic E-state index is 0.116. The van der Waals surface area contributed by atoms with Crippen molar-refractivity contribution in [2.45, 2.75) is 45.1 Å². The van der Waals surface area contributed by atoms with E-state index in [0.717, 1.165) is 12.0 Å². The quantitative estimate of drug-likeness (QED) is 0.668. The Morgan fingerprint density at radius 3 is 2.37 bits per heavy atom. The summed E-state index contributed by atoms with van der Waals surface area (Å²) in [6, 6.07) is 8.62. The van der Waals surface area contributed by atoms with Gasteiger partial charge in [0, 0.05) is 25.7 Å². The van der Waals surface area contributed by atoms with Gasteiger partial charge in [-0.15, -0.1) is 0 Å². The standard InChI is InChI=1S/C15H26N2O2/c1-11(8-12(2)18)17-15(9-16)14-6-4-13(5-7-14)10-19-3/h4-7,11-12,15,17-18H,8-10,16H2,1-3H3. The molecule has 0 aliphatic rings. The minimum atomic E-state index is -0.301. The molecule has 0 aliphatic carbocycles. The van der Waals surface area contributed by atoms with E-state index in [1.54, 1.807) is 14.0 Å². The molecule has 0 bridgehead atoms. The molecule has 1 rings (SSSR count). The van der Waals surface area contributed by atoms with Gasteiger partial charge < -0.3 is 20.9 Å². The van der Waals surface area contributed by atoms with Crippen molar-refractivity contribution in [1.82, 2.24) is 5.32 Å². The van der Waals surface area contributed by atoms with Crippen molar-refractivity contribution in [3.05, 3.63) is 35.4 Å². The molecule has 0 spiro atoms. The maximum Gasteiger partial charge on any atom is 0.0713 e. The average molecular weight is 266 g/mol. The van der Waals surface area contributed by atoms with E-state index in [1.807, 2.05) is 0 Å². The molecule has 0 fully saturated rings. The largest absolute Gasteiger partial charge is 0.393 e. The number of aliphatic hydroxyl groups is 1. The number of ether oxygens (including phenoxy) is 1. The van der Waals surface area contributed by atoms with Gasteiger partial charge in [-0.2, -0.15) is 0 Å². The molecule has 4 N–H and O–H groups in total. The Bertz CT molecular complexity index is 352. The van der Waals surface area contributed by atoms with Gasteiger partial charge in [0.25, 0.3) is 0 Å². The van der Waals surface area contributed by atoms with Gasteiger partial charge in [0.05, 0.1) is 12.7 Å². The smallest absolute Gasteiger partial charge is 0.0713 e. The van der Waals surface area contributed by atoms with Crippen molar-refractivity contribution in [3.8, 4) is 0 Å². The van der Waals surface area contributed by atoms with Gasteiger partial charge in [-0.25, -0.2) is 0 Å². The highest BCUT2D eigenvalue weighted by atomic mass is 16.5. The van der Waals surface area contributed by atoms with Gasteiger partial charge in [-0.05, 0) is 31.4 Å². The molecule has 1 aromatic rings. The van der Waals surface area contributed by atoms with E-state index in [-0.39, 0.29) is 18.2 Å². The summed E-state index contributed by atoms with van der Waals surface area (Å²) in [5.74, 6) is 0. The molecular weight excluding hydrogens is 240 g/mol. The second-order valence-electron chi connectivity index (χ2n) is 5.12. The summed E-state index contributed by atoms with van der Waals surface area (Å²) in [7, 11) is 1.69. The fraction of sp³-hybridized carbons (Fsp3) is 0.600. The number of methoxy groups -OCH3 is 1. The topological polar surface area (TPSA) is 67.5 Å². The van der Waals surface area contributed by atoms with Crippen molar-refractivity contribution >= 4 is 0 Å². The van der Waals surface area contributed by atoms with E-state index in [1.165, 1.54) is 5.56 Å². The first-order valence-corrected chi connectivity index (χ1v) is 6.78. The van der Waals surface area contributed by atoms with Crippen molar-refractivity contribution < 1.29 is 9.84 Å². The van der Waals surface area contributed by atoms with E-state index < -0.39 is 0 Å². The van der Waals surface area contributed by atoms with Gasteiger partial charge in [-0.1, -0.05) is 24.3 Å². The van der Waals surface area contributed by atoms with Gasteiger partial charge in [0.2, 0.25) is 0 Å². The van der Waals surface area contributed by atoms with Crippen LogP contribution in [0.25, 0.3) is 0 Å². The van der Waals surface area contributed by atoms with Gasteiger partial charge >= 0.3 is 0 Å². The molecule has 4 heteroatoms. The van der Waals surface area contributed by atoms with Crippen molar-refractivity contribution in [3.63, 3.8) is 0 Å². The van der Waals surface area contributed by atoms with E-state index >= 15 is 0 Å². The normalized spacial score (nSPS) is 16.1. The third-order valence-electron chi connectivity index (χ3n) is 3.11. The fourth-order valence-electron chi connectivity index (χ4n) is 2.24. The van der Waals surface area contributed by atoms with Crippen LogP contribution in [0.2, 0.25) is 0 Å². The second-order valence-corrected chi connectivity index (χ2v) is 5.12. The number of nitrogens with two attached hydrogens (primary N) is 1. The Labute approximate surface area is 116 Å². The Kier molecular flexibility index (Phi) is 7.02. The fourth-order valence-corrected chi connectivity index (χ4v) is 2.24. The van der Waals surface area contributed by atoms with E-state index in [0.29, 0.717) is 13.2 Å². The van der Waals surface area contributed by atoms with Crippen LogP contribution in [0, 0.1) is 0 Å². The van der Waals surface area contributed by atoms with Crippen LogP contribution in [0.5, 0.6) is 0 Å². The lowest BCUT2D eigenvalue weighted by Crippen LogP contribution is -2.36. The van der Waals surface area contributed by atoms with Crippen LogP contribution < -0.4 is 11.1 Å². The SMILES string of the molecule is COCc1ccc(C(CN)NC(C)CC(C)O)cc1. The van der Waals surface area contributed by atoms with Crippen LogP contribution in [0.4, 0.5) is 0 Å². The predicted octanol–water partition coefficient (Wildman–Crippen LogP) is 1.58. The molecule has 0 radical (unpaired) electrons. The molecule has 108 valence electrons. The summed E-state index contributed by atoms with van der Waals surface area (Å²) in [6.45, 7) is 5.02. The number of hydrogen-bond acceptors (Lipinski definition) is 4. The first-order valence-electron chi connectivity index (χ1n) is 6.78. The van der Waals surface area contributed by atoms with Crippen LogP contribution in [-0.2, 0) is 11.3 Å². The highest BCUT2D eigenvalue weighted by Gasteiger charge is 2.14. The van der Waals surface area contributed by atoms with Gasteiger partial charge in [0.15, 0.2) is 0 Å². The molecule has 0 aliphatic heterocycles. The molecule has 3 unspecified atom stereocenters. The summed E-state index contributed by atoms with van der Waals surface area (Å²) in [4.78, 5) is 0. The molecule has 0 heterocycles. The van der Waals surface area contributed by atoms with E-state index in [4.69, 9.17) is 10.5 Å². The van der Waals surface area contributed by atoms with Crippen LogP contribution in [0.3, 0.4) is 0 Å². The van der Waals surface area contributed by atoms with Crippen molar-refractivity contribution in [2.75, 3.05) is 13.7 Å². The number of nitrogens with one attached hydrogen (secondary N) is 1. The van der Waals surface area contributed by atoms with Gasteiger partial charge in [-0.3, -0.25) is 0 Å². The summed E-state index contributed by atoms with van der Waals surface area (Å²) < 4.78 is 5.09. The Hall–Kier alpha value is -0.940. The third kappa shape index (κ3) is 5.70. The summed E-state index contributed by atoms with van der Waals surface area (Å²) in [6.07, 6.45) is 0.420. The Morgan fingerprint density at radius 1 is 1.26 bits per heavy atom. The second kappa shape index (κ2) is 8.27. The lowest BCUT2D eigenvalue weighted by Gasteiger charge is -2.23. The van der Waals surface area contributed by atoms with Crippen LogP contribution in [0.1, 0.15) is 37.4 Å². The molecule has 0 amide bonds. The van der Waals surface area contributed by atoms with Crippen molar-refractivity contribution in [1.29, 1.82) is 0 Å². The molecule has 1 aromatic carbocycles. The molecule has 4 nitrogen and oxygen atoms in total. The number of hydrogen-bond donors (Lipinski definition) is 3. The first-order chi connectivity index (χ1) is 9.06. The molecule has 3 atom stereocenters. The van der Waals surface area contributed by atoms with E-state index in [9.17, 15) is 5.11 Å². The van der Waals surface area contributed by atoms with Gasteiger partial charge in [0.1, 0.15) is 0 Å². The Morgan fingerprint density at radius 2 is 1.89 bits per heavy atom. The lowest BCUT2D eigenvalue weighted by molar-refractivity contribution is 0.168. The Balaban J connectivity index is 2.63. The number of benzene rings is 1. The number of aliphatic hydroxyl groups excluding tert-OH is 1. The third-order valence-corrected chi connectivity index (χ3v) is 3.11. The molecule has 0 saturated heterocycles. The lowest BCUT2D eigenvalue weighted by atomic mass is 10.0. The zero-order chi connectivity index (χ0) is 14.3. The minimum Gasteiger partial charge on any atom is -0.393 e. The number of rotatable bonds is 8. The average Bonchev–Trinajstić information content (AvgIpc) is 2.36. The maximum absolute atomic E-state index is 9.39. The van der Waals surface area contributed by atoms with E-state index in [2.05, 4.69) is 36.5 Å². The molecule has 19 heavy (non-hydrogen) atoms. The highest BCUT2D eigenvalue weighted by Crippen LogP contribution is 2.15. The van der Waals surface area contributed by atoms with Crippen molar-refractivity contribution in [2.24, 2.45) is 5.73 Å². The van der Waals surface area contributed by atoms with Crippen LogP contribution in [-0.4, -0.2) is 30.9 Å². The zero-order valence-electron chi connectivity index (χ0n) is 12.1. The summed E-state index contributed by atoms with van der Waals surface area (Å²) in [5, 5.41) is 12.8. The van der Waals surface area contributed by atoms with Crippen LogP contribution in [0.15, 0.2) is 24.3 Å². The first kappa shape index (κ1) is 16.1. The highest BCUT2D eigenvalue weighted by molar-refractivity contribution is 5.25. The van der Waals surface area contributed by atoms with Crippen LogP contribution >= 0.6 is 0 Å². The summed E-state index contributed by atoms with van der Waals surface area (Å²) in [5.41, 5.74) is 8.15. The predicted molar refractivity (Wildman–Crippen MR) is 77.8 cm³/mol. The zero-order valence-corrected chi connectivity index (χ0v) is 12.1. The molecular formula is C15H26N2O2. The monoisotopic (exact) mass is 266 g/mol. The molecule has 0 aromatic heterocycles. The summed E-state index contributed by atoms with van der Waals surface area (Å²) >= 11 is 0. The maximum atomic E-state index is 9.39. The molecule has 0 saturated carbocycles.